The molecule has 8 heteroatoms. The van der Waals surface area contributed by atoms with Crippen LogP contribution in [-0.4, -0.2) is 23.6 Å². The normalized spacial score (nSPS) is 14.8. The Labute approximate surface area is 211 Å². The first kappa shape index (κ1) is 23.6. The van der Waals surface area contributed by atoms with Gasteiger partial charge in [-0.3, -0.25) is 14.5 Å². The number of amides is 1. The second kappa shape index (κ2) is 9.51. The number of aromatic hydroxyl groups is 1. The van der Waals surface area contributed by atoms with Crippen molar-refractivity contribution in [2.75, 3.05) is 11.5 Å². The Bertz CT molecular complexity index is 1530. The number of carbonyl (C=O) groups is 2. The highest BCUT2D eigenvalue weighted by molar-refractivity contribution is 6.31. The molecule has 3 aromatic carbocycles. The number of carbonyl (C=O) groups excluding carboxylic acids is 2. The van der Waals surface area contributed by atoms with Gasteiger partial charge in [-0.1, -0.05) is 37.1 Å². The summed E-state index contributed by atoms with van der Waals surface area (Å²) in [5.74, 6) is -0.939. The van der Waals surface area contributed by atoms with Gasteiger partial charge in [0.15, 0.2) is 5.43 Å². The predicted molar refractivity (Wildman–Crippen MR) is 136 cm³/mol. The van der Waals surface area contributed by atoms with Crippen molar-refractivity contribution in [1.82, 2.24) is 0 Å². The molecule has 5 rings (SSSR count). The van der Waals surface area contributed by atoms with Gasteiger partial charge in [0.1, 0.15) is 11.3 Å². The number of hydrogen-bond acceptors (Lipinski definition) is 6. The molecule has 1 atom stereocenters. The van der Waals surface area contributed by atoms with Crippen LogP contribution in [0.3, 0.4) is 0 Å². The number of ether oxygens (including phenoxy) is 1. The largest absolute Gasteiger partial charge is 0.508 e. The monoisotopic (exact) mass is 503 g/mol. The maximum absolute atomic E-state index is 13.6. The SMILES string of the molecule is CCCCOC(=O)c1ccc(N2C(=O)c3oc4ccc(Cl)cc4c(=O)c3C2c2ccc(O)cc2)cc1. The molecule has 0 bridgehead atoms. The molecule has 0 aliphatic carbocycles. The van der Waals surface area contributed by atoms with Crippen LogP contribution in [-0.2, 0) is 4.74 Å². The number of fused-ring (bicyclic) bond motifs is 2. The van der Waals surface area contributed by atoms with Crippen molar-refractivity contribution < 1.29 is 23.8 Å². The molecule has 0 fully saturated rings. The molecule has 1 amide bonds. The zero-order chi connectivity index (χ0) is 25.4. The zero-order valence-electron chi connectivity index (χ0n) is 19.4. The molecule has 7 nitrogen and oxygen atoms in total. The predicted octanol–water partition coefficient (Wildman–Crippen LogP) is 5.86. The van der Waals surface area contributed by atoms with E-state index in [2.05, 4.69) is 0 Å². The van der Waals surface area contributed by atoms with Crippen LogP contribution in [0.4, 0.5) is 5.69 Å². The van der Waals surface area contributed by atoms with Crippen molar-refractivity contribution in [1.29, 1.82) is 0 Å². The number of esters is 1. The Morgan fingerprint density at radius 3 is 2.47 bits per heavy atom. The highest BCUT2D eigenvalue weighted by Crippen LogP contribution is 2.41. The lowest BCUT2D eigenvalue weighted by Crippen LogP contribution is -2.29. The molecule has 1 aliphatic rings. The second-order valence-electron chi connectivity index (χ2n) is 8.52. The number of unbranched alkanes of at least 4 members (excludes halogenated alkanes) is 1. The van der Waals surface area contributed by atoms with Crippen LogP contribution in [0.2, 0.25) is 5.02 Å². The number of nitrogens with zero attached hydrogens (tertiary/aromatic N) is 1. The second-order valence-corrected chi connectivity index (χ2v) is 8.96. The minimum Gasteiger partial charge on any atom is -0.508 e. The molecule has 182 valence electrons. The smallest absolute Gasteiger partial charge is 0.338 e. The number of anilines is 1. The fourth-order valence-corrected chi connectivity index (χ4v) is 4.51. The molecule has 1 N–H and O–H groups in total. The van der Waals surface area contributed by atoms with Gasteiger partial charge in [0.2, 0.25) is 5.76 Å². The molecule has 1 aliphatic heterocycles. The van der Waals surface area contributed by atoms with E-state index in [4.69, 9.17) is 20.8 Å². The van der Waals surface area contributed by atoms with Gasteiger partial charge in [0.25, 0.3) is 5.91 Å². The van der Waals surface area contributed by atoms with E-state index in [1.54, 1.807) is 48.5 Å². The Kier molecular flexibility index (Phi) is 6.24. The van der Waals surface area contributed by atoms with Crippen LogP contribution < -0.4 is 10.3 Å². The summed E-state index contributed by atoms with van der Waals surface area (Å²) in [6.45, 7) is 2.35. The van der Waals surface area contributed by atoms with E-state index in [0.717, 1.165) is 12.8 Å². The molecule has 0 spiro atoms. The number of halogens is 1. The topological polar surface area (TPSA) is 97.0 Å². The standard InChI is InChI=1S/C28H22ClNO6/c1-2-3-14-35-28(34)17-4-9-19(10-5-17)30-24(16-6-11-20(31)12-7-16)23-25(32)21-15-18(29)8-13-22(21)36-26(23)27(30)33/h4-13,15,24,31H,2-3,14H2,1H3. The van der Waals surface area contributed by atoms with E-state index >= 15 is 0 Å². The van der Waals surface area contributed by atoms with Crippen molar-refractivity contribution >= 4 is 40.1 Å². The van der Waals surface area contributed by atoms with E-state index in [9.17, 15) is 19.5 Å². The number of phenolic OH excluding ortho intramolecular Hbond substituents is 1. The summed E-state index contributed by atoms with van der Waals surface area (Å²) in [5, 5.41) is 10.4. The van der Waals surface area contributed by atoms with Gasteiger partial charge in [-0.25, -0.2) is 4.79 Å². The molecule has 0 saturated carbocycles. The molecule has 2 heterocycles. The highest BCUT2D eigenvalue weighted by Gasteiger charge is 2.43. The average Bonchev–Trinajstić information content (AvgIpc) is 3.17. The molecule has 4 aromatic rings. The summed E-state index contributed by atoms with van der Waals surface area (Å²) in [4.78, 5) is 41.0. The summed E-state index contributed by atoms with van der Waals surface area (Å²) in [5.41, 5.74) is 1.51. The first-order chi connectivity index (χ1) is 17.4. The molecular weight excluding hydrogens is 482 g/mol. The number of phenols is 1. The van der Waals surface area contributed by atoms with Crippen molar-refractivity contribution in [3.05, 3.63) is 104 Å². The third-order valence-corrected chi connectivity index (χ3v) is 6.39. The van der Waals surface area contributed by atoms with E-state index in [-0.39, 0.29) is 33.5 Å². The molecule has 36 heavy (non-hydrogen) atoms. The van der Waals surface area contributed by atoms with Gasteiger partial charge >= 0.3 is 5.97 Å². The van der Waals surface area contributed by atoms with Crippen LogP contribution >= 0.6 is 11.6 Å². The third kappa shape index (κ3) is 4.12. The third-order valence-electron chi connectivity index (χ3n) is 6.15. The molecule has 1 aromatic heterocycles. The van der Waals surface area contributed by atoms with Crippen LogP contribution in [0, 0.1) is 0 Å². The van der Waals surface area contributed by atoms with Gasteiger partial charge in [0, 0.05) is 10.7 Å². The average molecular weight is 504 g/mol. The Balaban J connectivity index is 1.62. The van der Waals surface area contributed by atoms with Gasteiger partial charge < -0.3 is 14.3 Å². The number of hydrogen-bond donors (Lipinski definition) is 1. The minimum absolute atomic E-state index is 0.0538. The van der Waals surface area contributed by atoms with Gasteiger partial charge in [-0.05, 0) is 66.6 Å². The van der Waals surface area contributed by atoms with Gasteiger partial charge in [-0.15, -0.1) is 0 Å². The Morgan fingerprint density at radius 1 is 1.06 bits per heavy atom. The first-order valence-electron chi connectivity index (χ1n) is 11.5. The maximum atomic E-state index is 13.6. The van der Waals surface area contributed by atoms with Crippen molar-refractivity contribution in [3.8, 4) is 5.75 Å². The molecule has 0 saturated heterocycles. The number of benzene rings is 3. The van der Waals surface area contributed by atoms with Crippen molar-refractivity contribution in [2.24, 2.45) is 0 Å². The fourth-order valence-electron chi connectivity index (χ4n) is 4.33. The van der Waals surface area contributed by atoms with Crippen molar-refractivity contribution in [3.63, 3.8) is 0 Å². The van der Waals surface area contributed by atoms with Crippen LogP contribution in [0.1, 0.15) is 57.8 Å². The lowest BCUT2D eigenvalue weighted by atomic mass is 9.98. The van der Waals surface area contributed by atoms with E-state index in [0.29, 0.717) is 28.4 Å². The lowest BCUT2D eigenvalue weighted by molar-refractivity contribution is 0.0499. The molecular formula is C28H22ClNO6. The summed E-state index contributed by atoms with van der Waals surface area (Å²) >= 11 is 6.12. The Hall–Kier alpha value is -4.10. The summed E-state index contributed by atoms with van der Waals surface area (Å²) in [6, 6.07) is 16.6. The van der Waals surface area contributed by atoms with Crippen LogP contribution in [0.5, 0.6) is 5.75 Å². The van der Waals surface area contributed by atoms with Crippen molar-refractivity contribution in [2.45, 2.75) is 25.8 Å². The summed E-state index contributed by atoms with van der Waals surface area (Å²) in [6.07, 6.45) is 1.69. The first-order valence-corrected chi connectivity index (χ1v) is 11.9. The quantitative estimate of drug-likeness (QED) is 0.261. The van der Waals surface area contributed by atoms with E-state index < -0.39 is 17.9 Å². The molecule has 0 radical (unpaired) electrons. The maximum Gasteiger partial charge on any atom is 0.338 e. The van der Waals surface area contributed by atoms with E-state index in [1.807, 2.05) is 6.92 Å². The Morgan fingerprint density at radius 2 is 1.78 bits per heavy atom. The lowest BCUT2D eigenvalue weighted by Gasteiger charge is -2.25. The van der Waals surface area contributed by atoms with Gasteiger partial charge in [-0.2, -0.15) is 0 Å². The minimum atomic E-state index is -0.810. The van der Waals surface area contributed by atoms with Gasteiger partial charge in [0.05, 0.1) is 29.2 Å². The van der Waals surface area contributed by atoms with Crippen LogP contribution in [0.15, 0.2) is 75.9 Å². The van der Waals surface area contributed by atoms with E-state index in [1.165, 1.54) is 23.1 Å². The van der Waals surface area contributed by atoms with Crippen LogP contribution in [0.25, 0.3) is 11.0 Å². The zero-order valence-corrected chi connectivity index (χ0v) is 20.1. The fraction of sp³-hybridized carbons (Fsp3) is 0.179. The highest BCUT2D eigenvalue weighted by atomic mass is 35.5. The molecule has 1 unspecified atom stereocenters. The summed E-state index contributed by atoms with van der Waals surface area (Å²) < 4.78 is 11.2. The summed E-state index contributed by atoms with van der Waals surface area (Å²) in [7, 11) is 0. The number of rotatable bonds is 6.